The number of carbonyl (C=O) groups is 2. The normalized spacial score (nSPS) is 16.2. The first kappa shape index (κ1) is 19.0. The third-order valence-corrected chi connectivity index (χ3v) is 5.54. The number of thiazole rings is 1. The number of benzene rings is 1. The van der Waals surface area contributed by atoms with Gasteiger partial charge in [0.2, 0.25) is 5.91 Å². The second-order valence-corrected chi connectivity index (χ2v) is 7.67. The molecule has 1 unspecified atom stereocenters. The van der Waals surface area contributed by atoms with Crippen LogP contribution in [0.1, 0.15) is 46.3 Å². The van der Waals surface area contributed by atoms with E-state index >= 15 is 0 Å². The van der Waals surface area contributed by atoms with Gasteiger partial charge < -0.3 is 10.0 Å². The lowest BCUT2D eigenvalue weighted by Gasteiger charge is -2.21. The van der Waals surface area contributed by atoms with Crippen molar-refractivity contribution in [1.29, 1.82) is 0 Å². The topological polar surface area (TPSA) is 137 Å². The minimum atomic E-state index is -0.449. The Morgan fingerprint density at radius 2 is 2.28 bits per heavy atom. The van der Waals surface area contributed by atoms with Crippen molar-refractivity contribution >= 4 is 28.3 Å². The number of carbonyl (C=O) groups excluding carboxylic acids is 2. The average molecular weight is 413 g/mol. The fourth-order valence-corrected chi connectivity index (χ4v) is 4.05. The molecule has 1 aromatic carbocycles. The second-order valence-electron chi connectivity index (χ2n) is 6.81. The van der Waals surface area contributed by atoms with Gasteiger partial charge in [0.1, 0.15) is 5.75 Å². The monoisotopic (exact) mass is 413 g/mol. The SMILES string of the molecule is Cc1ccc(O)c(C(=O)Nc2nc(CC(=O)N3CCCC3c3nn[nH]n3)cs2)c1. The third-order valence-electron chi connectivity index (χ3n) is 4.73. The van der Waals surface area contributed by atoms with E-state index in [-0.39, 0.29) is 29.7 Å². The molecule has 1 fully saturated rings. The van der Waals surface area contributed by atoms with Crippen LogP contribution in [0.2, 0.25) is 0 Å². The second kappa shape index (κ2) is 7.95. The zero-order valence-corrected chi connectivity index (χ0v) is 16.4. The first-order valence-electron chi connectivity index (χ1n) is 9.09. The summed E-state index contributed by atoms with van der Waals surface area (Å²) in [6.07, 6.45) is 1.79. The number of phenols is 1. The average Bonchev–Trinajstić information content (AvgIpc) is 3.44. The maximum Gasteiger partial charge on any atom is 0.261 e. The lowest BCUT2D eigenvalue weighted by molar-refractivity contribution is -0.131. The van der Waals surface area contributed by atoms with Crippen LogP contribution in [0.4, 0.5) is 5.13 Å². The van der Waals surface area contributed by atoms with Gasteiger partial charge in [-0.3, -0.25) is 14.9 Å². The summed E-state index contributed by atoms with van der Waals surface area (Å²) in [7, 11) is 0. The van der Waals surface area contributed by atoms with Crippen LogP contribution >= 0.6 is 11.3 Å². The fourth-order valence-electron chi connectivity index (χ4n) is 3.34. The number of anilines is 1. The van der Waals surface area contributed by atoms with Crippen LogP contribution in [0, 0.1) is 6.92 Å². The molecule has 3 aromatic rings. The van der Waals surface area contributed by atoms with E-state index in [4.69, 9.17) is 0 Å². The summed E-state index contributed by atoms with van der Waals surface area (Å²) in [5.74, 6) is -0.103. The Balaban J connectivity index is 1.41. The van der Waals surface area contributed by atoms with Crippen LogP contribution in [0.15, 0.2) is 23.6 Å². The molecule has 150 valence electrons. The van der Waals surface area contributed by atoms with Crippen molar-refractivity contribution in [1.82, 2.24) is 30.5 Å². The van der Waals surface area contributed by atoms with Crippen molar-refractivity contribution in [3.05, 3.63) is 46.2 Å². The molecular formula is C18H19N7O3S. The lowest BCUT2D eigenvalue weighted by Crippen LogP contribution is -2.32. The van der Waals surface area contributed by atoms with Gasteiger partial charge in [0.05, 0.1) is 23.7 Å². The molecule has 3 N–H and O–H groups in total. The minimum Gasteiger partial charge on any atom is -0.507 e. The number of aromatic hydroxyl groups is 1. The van der Waals surface area contributed by atoms with Crippen molar-refractivity contribution in [3.63, 3.8) is 0 Å². The first-order valence-corrected chi connectivity index (χ1v) is 9.97. The molecule has 11 heteroatoms. The Labute approximate surface area is 170 Å². The largest absolute Gasteiger partial charge is 0.507 e. The summed E-state index contributed by atoms with van der Waals surface area (Å²) in [6.45, 7) is 2.47. The molecule has 1 saturated heterocycles. The van der Waals surface area contributed by atoms with E-state index in [1.807, 2.05) is 6.92 Å². The molecule has 1 aliphatic heterocycles. The predicted molar refractivity (Wildman–Crippen MR) is 104 cm³/mol. The van der Waals surface area contributed by atoms with Crippen molar-refractivity contribution < 1.29 is 14.7 Å². The van der Waals surface area contributed by atoms with E-state index in [9.17, 15) is 14.7 Å². The van der Waals surface area contributed by atoms with Gasteiger partial charge >= 0.3 is 0 Å². The quantitative estimate of drug-likeness (QED) is 0.580. The first-order chi connectivity index (χ1) is 14.0. The van der Waals surface area contributed by atoms with Gasteiger partial charge in [-0.05, 0) is 31.9 Å². The van der Waals surface area contributed by atoms with E-state index in [2.05, 4.69) is 30.9 Å². The van der Waals surface area contributed by atoms with Crippen LogP contribution in [0.25, 0.3) is 0 Å². The number of aromatic nitrogens is 5. The highest BCUT2D eigenvalue weighted by atomic mass is 32.1. The standard InChI is InChI=1S/C18H19N7O3S/c1-10-4-5-14(26)12(7-10)17(28)20-18-19-11(9-29-18)8-15(27)25-6-2-3-13(25)16-21-23-24-22-16/h4-5,7,9,13,26H,2-3,6,8H2,1H3,(H,19,20,28)(H,21,22,23,24). The van der Waals surface area contributed by atoms with Crippen molar-refractivity contribution in [2.24, 2.45) is 0 Å². The molecular weight excluding hydrogens is 394 g/mol. The highest BCUT2D eigenvalue weighted by molar-refractivity contribution is 7.14. The van der Waals surface area contributed by atoms with Crippen LogP contribution in [-0.2, 0) is 11.2 Å². The van der Waals surface area contributed by atoms with Gasteiger partial charge in [0.15, 0.2) is 11.0 Å². The molecule has 0 spiro atoms. The Morgan fingerprint density at radius 1 is 1.41 bits per heavy atom. The highest BCUT2D eigenvalue weighted by Crippen LogP contribution is 2.30. The van der Waals surface area contributed by atoms with Crippen LogP contribution in [0.3, 0.4) is 0 Å². The third kappa shape index (κ3) is 4.09. The number of rotatable bonds is 5. The van der Waals surface area contributed by atoms with E-state index in [1.165, 1.54) is 17.4 Å². The number of amides is 2. The summed E-state index contributed by atoms with van der Waals surface area (Å²) in [5, 5.41) is 28.6. The lowest BCUT2D eigenvalue weighted by atomic mass is 10.1. The molecule has 4 rings (SSSR count). The van der Waals surface area contributed by atoms with Gasteiger partial charge in [-0.2, -0.15) is 5.21 Å². The molecule has 0 saturated carbocycles. The summed E-state index contributed by atoms with van der Waals surface area (Å²) in [5.41, 5.74) is 1.61. The Bertz CT molecular complexity index is 1030. The van der Waals surface area contributed by atoms with E-state index in [0.717, 1.165) is 18.4 Å². The number of nitrogens with zero attached hydrogens (tertiary/aromatic N) is 5. The predicted octanol–water partition coefficient (Wildman–Crippen LogP) is 1.83. The number of tetrazole rings is 1. The molecule has 3 heterocycles. The zero-order valence-electron chi connectivity index (χ0n) is 15.6. The summed E-state index contributed by atoms with van der Waals surface area (Å²) < 4.78 is 0. The van der Waals surface area contributed by atoms with Crippen molar-refractivity contribution in [2.45, 2.75) is 32.2 Å². The number of nitrogens with one attached hydrogen (secondary N) is 2. The van der Waals surface area contributed by atoms with Crippen molar-refractivity contribution in [2.75, 3.05) is 11.9 Å². The van der Waals surface area contributed by atoms with Crippen LogP contribution < -0.4 is 5.32 Å². The Kier molecular flexibility index (Phi) is 5.21. The number of hydrogen-bond donors (Lipinski definition) is 3. The number of hydrogen-bond acceptors (Lipinski definition) is 8. The van der Waals surface area contributed by atoms with E-state index < -0.39 is 5.91 Å². The van der Waals surface area contributed by atoms with Crippen molar-refractivity contribution in [3.8, 4) is 5.75 Å². The number of aryl methyl sites for hydroxylation is 1. The summed E-state index contributed by atoms with van der Waals surface area (Å²) in [6, 6.07) is 4.63. The van der Waals surface area contributed by atoms with Gasteiger partial charge in [0, 0.05) is 11.9 Å². The molecule has 2 aromatic heterocycles. The highest BCUT2D eigenvalue weighted by Gasteiger charge is 2.32. The van der Waals surface area contributed by atoms with E-state index in [1.54, 1.807) is 22.4 Å². The summed E-state index contributed by atoms with van der Waals surface area (Å²) >= 11 is 1.23. The van der Waals surface area contributed by atoms with Gasteiger partial charge in [-0.25, -0.2) is 4.98 Å². The number of likely N-dealkylation sites (tertiary alicyclic amines) is 1. The Morgan fingerprint density at radius 3 is 3.07 bits per heavy atom. The van der Waals surface area contributed by atoms with Gasteiger partial charge in [-0.1, -0.05) is 16.8 Å². The molecule has 1 atom stereocenters. The number of phenolic OH excluding ortho intramolecular Hbond substituents is 1. The van der Waals surface area contributed by atoms with Crippen LogP contribution in [0.5, 0.6) is 5.75 Å². The molecule has 1 aliphatic rings. The summed E-state index contributed by atoms with van der Waals surface area (Å²) in [4.78, 5) is 31.2. The van der Waals surface area contributed by atoms with Crippen LogP contribution in [-0.4, -0.2) is 54.0 Å². The minimum absolute atomic E-state index is 0.0724. The fraction of sp³-hybridized carbons (Fsp3) is 0.333. The number of aromatic amines is 1. The Hall–Kier alpha value is -3.34. The van der Waals surface area contributed by atoms with Gasteiger partial charge in [0.25, 0.3) is 5.91 Å². The molecule has 0 radical (unpaired) electrons. The molecule has 10 nitrogen and oxygen atoms in total. The maximum atomic E-state index is 12.7. The molecule has 29 heavy (non-hydrogen) atoms. The zero-order chi connectivity index (χ0) is 20.4. The molecule has 0 aliphatic carbocycles. The van der Waals surface area contributed by atoms with E-state index in [0.29, 0.717) is 23.2 Å². The molecule has 0 bridgehead atoms. The maximum absolute atomic E-state index is 12.7. The smallest absolute Gasteiger partial charge is 0.261 e. The van der Waals surface area contributed by atoms with Gasteiger partial charge in [-0.15, -0.1) is 21.5 Å². The molecule has 2 amide bonds. The number of H-pyrrole nitrogens is 1.